The van der Waals surface area contributed by atoms with E-state index in [1.165, 1.54) is 72.1 Å². The van der Waals surface area contributed by atoms with Gasteiger partial charge in [0, 0.05) is 52.6 Å². The summed E-state index contributed by atoms with van der Waals surface area (Å²) in [6.45, 7) is 26.5. The molecule has 5 rings (SSSR count). The normalized spacial score (nSPS) is 14.6. The van der Waals surface area contributed by atoms with Gasteiger partial charge in [-0.2, -0.15) is 0 Å². The Balaban J connectivity index is 0.00000354. The van der Waals surface area contributed by atoms with Gasteiger partial charge in [0.15, 0.2) is 0 Å². The first kappa shape index (κ1) is 45.4. The van der Waals surface area contributed by atoms with Crippen LogP contribution in [0.4, 0.5) is 5.69 Å². The lowest BCUT2D eigenvalue weighted by atomic mass is 9.76. The van der Waals surface area contributed by atoms with E-state index in [1.807, 2.05) is 45.1 Å². The second kappa shape index (κ2) is 22.6. The highest BCUT2D eigenvalue weighted by atomic mass is 16.3. The Bertz CT molecular complexity index is 1970. The van der Waals surface area contributed by atoms with Crippen LogP contribution in [0, 0.1) is 25.7 Å². The van der Waals surface area contributed by atoms with E-state index in [9.17, 15) is 9.90 Å². The molecule has 4 aromatic rings. The van der Waals surface area contributed by atoms with E-state index < -0.39 is 0 Å². The minimum Gasteiger partial charge on any atom is -0.507 e. The van der Waals surface area contributed by atoms with Gasteiger partial charge in [0.05, 0.1) is 0 Å². The highest BCUT2D eigenvalue weighted by Gasteiger charge is 2.26. The van der Waals surface area contributed by atoms with E-state index in [2.05, 4.69) is 118 Å². The Hall–Kier alpha value is -4.35. The molecule has 1 heterocycles. The highest BCUT2D eigenvalue weighted by Crippen LogP contribution is 2.44. The molecule has 57 heavy (non-hydrogen) atoms. The second-order valence-corrected chi connectivity index (χ2v) is 16.3. The molecule has 1 aliphatic carbocycles. The molecule has 1 aromatic heterocycles. The standard InChI is InChI=1S/C50H67N3O2.C2H6/c1-9-13-14-17-42(16-10-2)49-46(41-18-15-19-41)31-44(32-48(49)54)51-50(55)43-23-20-39(21-24-43)29-40-22-25-47-45(30-40)37(7)38(8)53(47)34-36(6)33-52(27-11-3)28-26-35(5)12-4;1-2/h10,13-14,16-17,20-25,30-32,35-36,41,54H,9,11-12,15,18-19,26-29,33-34H2,1-8H3,(H,51,55);1-2H3/b14-13+,16-10-,42-17+;. The van der Waals surface area contributed by atoms with Crippen molar-refractivity contribution in [1.29, 1.82) is 0 Å². The molecule has 308 valence electrons. The fourth-order valence-electron chi connectivity index (χ4n) is 8.07. The van der Waals surface area contributed by atoms with E-state index in [4.69, 9.17) is 0 Å². The summed E-state index contributed by atoms with van der Waals surface area (Å²) >= 11 is 0. The van der Waals surface area contributed by atoms with Crippen LogP contribution < -0.4 is 5.32 Å². The van der Waals surface area contributed by atoms with Crippen LogP contribution in [-0.2, 0) is 13.0 Å². The topological polar surface area (TPSA) is 57.5 Å². The number of rotatable bonds is 19. The van der Waals surface area contributed by atoms with Crippen molar-refractivity contribution in [1.82, 2.24) is 9.47 Å². The lowest BCUT2D eigenvalue weighted by Gasteiger charge is -2.29. The van der Waals surface area contributed by atoms with E-state index in [-0.39, 0.29) is 11.7 Å². The van der Waals surface area contributed by atoms with E-state index in [0.29, 0.717) is 23.1 Å². The van der Waals surface area contributed by atoms with Gasteiger partial charge in [-0.15, -0.1) is 0 Å². The molecule has 2 N–H and O–H groups in total. The number of amides is 1. The minimum absolute atomic E-state index is 0.176. The molecule has 0 aliphatic heterocycles. The van der Waals surface area contributed by atoms with Gasteiger partial charge in [0.25, 0.3) is 5.91 Å². The van der Waals surface area contributed by atoms with Crippen molar-refractivity contribution in [2.24, 2.45) is 11.8 Å². The van der Waals surface area contributed by atoms with Gasteiger partial charge in [-0.05, 0) is 148 Å². The molecular formula is C52H73N3O2. The molecule has 2 unspecified atom stereocenters. The number of aryl methyl sites for hydroxylation is 1. The molecule has 0 spiro atoms. The highest BCUT2D eigenvalue weighted by molar-refractivity contribution is 6.04. The molecule has 1 fully saturated rings. The van der Waals surface area contributed by atoms with Gasteiger partial charge < -0.3 is 19.9 Å². The van der Waals surface area contributed by atoms with Gasteiger partial charge >= 0.3 is 0 Å². The van der Waals surface area contributed by atoms with E-state index >= 15 is 0 Å². The van der Waals surface area contributed by atoms with Gasteiger partial charge in [-0.1, -0.05) is 110 Å². The first-order chi connectivity index (χ1) is 27.6. The van der Waals surface area contributed by atoms with Crippen LogP contribution in [0.3, 0.4) is 0 Å². The number of carbonyl (C=O) groups is 1. The van der Waals surface area contributed by atoms with Crippen LogP contribution >= 0.6 is 0 Å². The monoisotopic (exact) mass is 772 g/mol. The molecule has 3 aromatic carbocycles. The predicted octanol–water partition coefficient (Wildman–Crippen LogP) is 13.8. The number of allylic oxidation sites excluding steroid dienone is 6. The van der Waals surface area contributed by atoms with Crippen molar-refractivity contribution < 1.29 is 9.90 Å². The SMILES string of the molecule is CC.C\C=C/C(=C\C=C\CC)c1c(O)cc(NC(=O)c2ccc(Cc3ccc4c(c3)c(C)c(C)n4CC(C)CN(CCC)CCC(C)CC)cc2)cc1C1CCC1. The van der Waals surface area contributed by atoms with Gasteiger partial charge in [0.2, 0.25) is 0 Å². The van der Waals surface area contributed by atoms with Crippen molar-refractivity contribution in [3.63, 3.8) is 0 Å². The Morgan fingerprint density at radius 2 is 1.68 bits per heavy atom. The van der Waals surface area contributed by atoms with Crippen LogP contribution in [-0.4, -0.2) is 40.1 Å². The van der Waals surface area contributed by atoms with Crippen LogP contribution in [0.15, 0.2) is 85.0 Å². The number of benzene rings is 3. The number of aromatic hydroxyl groups is 1. The fourth-order valence-corrected chi connectivity index (χ4v) is 8.07. The Morgan fingerprint density at radius 3 is 2.32 bits per heavy atom. The molecular weight excluding hydrogens is 699 g/mol. The zero-order chi connectivity index (χ0) is 41.5. The van der Waals surface area contributed by atoms with Crippen LogP contribution in [0.5, 0.6) is 5.75 Å². The third-order valence-corrected chi connectivity index (χ3v) is 11.8. The Kier molecular flexibility index (Phi) is 17.9. The number of nitrogens with zero attached hydrogens (tertiary/aromatic N) is 2. The predicted molar refractivity (Wildman–Crippen MR) is 247 cm³/mol. The average Bonchev–Trinajstić information content (AvgIpc) is 3.41. The quantitative estimate of drug-likeness (QED) is 0.0934. The first-order valence-electron chi connectivity index (χ1n) is 22.1. The zero-order valence-corrected chi connectivity index (χ0v) is 37.1. The number of fused-ring (bicyclic) bond motifs is 1. The summed E-state index contributed by atoms with van der Waals surface area (Å²) in [7, 11) is 0. The van der Waals surface area contributed by atoms with Crippen molar-refractivity contribution in [3.05, 3.63) is 124 Å². The summed E-state index contributed by atoms with van der Waals surface area (Å²) in [4.78, 5) is 16.2. The number of phenols is 1. The molecule has 0 saturated heterocycles. The third-order valence-electron chi connectivity index (χ3n) is 11.8. The largest absolute Gasteiger partial charge is 0.507 e. The third kappa shape index (κ3) is 12.1. The van der Waals surface area contributed by atoms with E-state index in [1.54, 1.807) is 6.07 Å². The summed E-state index contributed by atoms with van der Waals surface area (Å²) in [6.07, 6.45) is 19.1. The lowest BCUT2D eigenvalue weighted by Crippen LogP contribution is -2.32. The summed E-state index contributed by atoms with van der Waals surface area (Å²) in [5.74, 6) is 1.74. The fraction of sp³-hybridized carbons (Fsp3) is 0.481. The first-order valence-corrected chi connectivity index (χ1v) is 22.1. The molecule has 5 heteroatoms. The number of anilines is 1. The van der Waals surface area contributed by atoms with Crippen molar-refractivity contribution >= 4 is 28.1 Å². The number of hydrogen-bond acceptors (Lipinski definition) is 3. The summed E-state index contributed by atoms with van der Waals surface area (Å²) in [5, 5.41) is 15.7. The Labute approximate surface area is 346 Å². The van der Waals surface area contributed by atoms with Crippen LogP contribution in [0.1, 0.15) is 150 Å². The Morgan fingerprint density at radius 1 is 0.965 bits per heavy atom. The lowest BCUT2D eigenvalue weighted by molar-refractivity contribution is 0.102. The smallest absolute Gasteiger partial charge is 0.255 e. The summed E-state index contributed by atoms with van der Waals surface area (Å²) in [6, 6.07) is 18.6. The number of phenolic OH excluding ortho intramolecular Hbond substituents is 1. The molecule has 1 aliphatic rings. The number of nitrogens with one attached hydrogen (secondary N) is 1. The van der Waals surface area contributed by atoms with Crippen molar-refractivity contribution in [2.75, 3.05) is 25.0 Å². The van der Waals surface area contributed by atoms with E-state index in [0.717, 1.165) is 61.4 Å². The summed E-state index contributed by atoms with van der Waals surface area (Å²) in [5.41, 5.74) is 10.7. The number of aromatic nitrogens is 1. The van der Waals surface area contributed by atoms with Gasteiger partial charge in [-0.25, -0.2) is 0 Å². The molecule has 1 amide bonds. The average molecular weight is 772 g/mol. The number of carbonyl (C=O) groups excluding carboxylic acids is 1. The molecule has 5 nitrogen and oxygen atoms in total. The summed E-state index contributed by atoms with van der Waals surface area (Å²) < 4.78 is 2.54. The van der Waals surface area contributed by atoms with Crippen molar-refractivity contribution in [3.8, 4) is 5.75 Å². The van der Waals surface area contributed by atoms with Gasteiger partial charge in [0.1, 0.15) is 5.75 Å². The second-order valence-electron chi connectivity index (χ2n) is 16.3. The molecule has 1 saturated carbocycles. The maximum atomic E-state index is 13.5. The molecule has 0 radical (unpaired) electrons. The number of hydrogen-bond donors (Lipinski definition) is 2. The molecule has 0 bridgehead atoms. The maximum absolute atomic E-state index is 13.5. The van der Waals surface area contributed by atoms with Crippen LogP contribution in [0.25, 0.3) is 16.5 Å². The molecule has 2 atom stereocenters. The minimum atomic E-state index is -0.176. The van der Waals surface area contributed by atoms with Gasteiger partial charge in [-0.3, -0.25) is 4.79 Å². The van der Waals surface area contributed by atoms with Crippen molar-refractivity contribution in [2.45, 2.75) is 133 Å². The van der Waals surface area contributed by atoms with Crippen LogP contribution in [0.2, 0.25) is 0 Å². The zero-order valence-electron chi connectivity index (χ0n) is 37.1. The maximum Gasteiger partial charge on any atom is 0.255 e.